The molecule has 0 radical (unpaired) electrons. The lowest BCUT2D eigenvalue weighted by Gasteiger charge is -2.27. The molecule has 108 valence electrons. The van der Waals surface area contributed by atoms with E-state index in [0.29, 0.717) is 12.5 Å². The van der Waals surface area contributed by atoms with Crippen LogP contribution in [0.15, 0.2) is 29.4 Å². The second kappa shape index (κ2) is 7.11. The third kappa shape index (κ3) is 3.35. The molecule has 20 heavy (non-hydrogen) atoms. The molecule has 2 N–H and O–H groups in total. The second-order valence-electron chi connectivity index (χ2n) is 4.32. The first-order chi connectivity index (χ1) is 9.34. The highest BCUT2D eigenvalue weighted by atomic mass is 127. The predicted molar refractivity (Wildman–Crippen MR) is 92.6 cm³/mol. The van der Waals surface area contributed by atoms with Crippen LogP contribution in [0, 0.1) is 0 Å². The Kier molecular flexibility index (Phi) is 5.46. The zero-order valence-electron chi connectivity index (χ0n) is 11.0. The van der Waals surface area contributed by atoms with Gasteiger partial charge < -0.3 is 10.6 Å². The zero-order valence-corrected chi connectivity index (χ0v) is 14.1. The van der Waals surface area contributed by atoms with Crippen LogP contribution in [0.1, 0.15) is 5.82 Å². The van der Waals surface area contributed by atoms with Crippen molar-refractivity contribution >= 4 is 47.3 Å². The van der Waals surface area contributed by atoms with Gasteiger partial charge >= 0.3 is 0 Å². The minimum absolute atomic E-state index is 0. The maximum Gasteiger partial charge on any atom is 0.191 e. The van der Waals surface area contributed by atoms with E-state index in [1.165, 1.54) is 0 Å². The summed E-state index contributed by atoms with van der Waals surface area (Å²) >= 11 is 1.96. The molecule has 1 aliphatic heterocycles. The molecule has 1 aliphatic rings. The van der Waals surface area contributed by atoms with Gasteiger partial charge in [0.1, 0.15) is 6.54 Å². The number of hydrogen-bond acceptors (Lipinski definition) is 4. The van der Waals surface area contributed by atoms with Crippen molar-refractivity contribution in [3.8, 4) is 0 Å². The van der Waals surface area contributed by atoms with Crippen molar-refractivity contribution in [1.29, 1.82) is 0 Å². The molecule has 0 spiro atoms. The average molecular weight is 404 g/mol. The fourth-order valence-electron chi connectivity index (χ4n) is 2.04. The molecule has 1 saturated heterocycles. The molecule has 0 saturated carbocycles. The van der Waals surface area contributed by atoms with Crippen molar-refractivity contribution in [2.45, 2.75) is 6.54 Å². The van der Waals surface area contributed by atoms with Crippen molar-refractivity contribution in [1.82, 2.24) is 19.5 Å². The largest absolute Gasteiger partial charge is 0.370 e. The molecule has 0 amide bonds. The maximum atomic E-state index is 6.02. The Hall–Kier alpha value is -1.03. The van der Waals surface area contributed by atoms with Crippen LogP contribution in [0.5, 0.6) is 0 Å². The SMILES string of the molecule is I.NC(=NCc1nnc2ccccn12)N1CCSCC1. The smallest absolute Gasteiger partial charge is 0.191 e. The number of nitrogens with two attached hydrogens (primary N) is 1. The number of thioether (sulfide) groups is 1. The second-order valence-corrected chi connectivity index (χ2v) is 5.54. The molecule has 3 heterocycles. The molecule has 2 aromatic heterocycles. The Morgan fingerprint density at radius 3 is 2.90 bits per heavy atom. The number of aromatic nitrogens is 3. The molecule has 1 fully saturated rings. The molecule has 0 atom stereocenters. The highest BCUT2D eigenvalue weighted by Crippen LogP contribution is 2.09. The van der Waals surface area contributed by atoms with Gasteiger partial charge in [-0.15, -0.1) is 34.2 Å². The average Bonchev–Trinajstić information content (AvgIpc) is 2.89. The summed E-state index contributed by atoms with van der Waals surface area (Å²) in [7, 11) is 0. The lowest BCUT2D eigenvalue weighted by molar-refractivity contribution is 0.455. The molecule has 8 heteroatoms. The number of guanidine groups is 1. The molecule has 6 nitrogen and oxygen atoms in total. The van der Waals surface area contributed by atoms with Crippen molar-refractivity contribution in [3.63, 3.8) is 0 Å². The lowest BCUT2D eigenvalue weighted by Crippen LogP contribution is -2.42. The first-order valence-electron chi connectivity index (χ1n) is 6.26. The van der Waals surface area contributed by atoms with Gasteiger partial charge in [0.25, 0.3) is 0 Å². The van der Waals surface area contributed by atoms with Crippen molar-refractivity contribution < 1.29 is 0 Å². The van der Waals surface area contributed by atoms with E-state index < -0.39 is 0 Å². The summed E-state index contributed by atoms with van der Waals surface area (Å²) in [5.74, 6) is 3.65. The molecule has 2 aromatic rings. The number of nitrogens with zero attached hydrogens (tertiary/aromatic N) is 5. The van der Waals surface area contributed by atoms with Crippen LogP contribution in [-0.4, -0.2) is 50.1 Å². The van der Waals surface area contributed by atoms with E-state index in [4.69, 9.17) is 5.73 Å². The summed E-state index contributed by atoms with van der Waals surface area (Å²) in [5, 5.41) is 8.24. The molecule has 3 rings (SSSR count). The van der Waals surface area contributed by atoms with E-state index >= 15 is 0 Å². The van der Waals surface area contributed by atoms with Crippen LogP contribution in [-0.2, 0) is 6.54 Å². The van der Waals surface area contributed by atoms with Gasteiger partial charge in [0.05, 0.1) is 0 Å². The zero-order chi connectivity index (χ0) is 13.1. The van der Waals surface area contributed by atoms with E-state index in [1.54, 1.807) is 0 Å². The van der Waals surface area contributed by atoms with Gasteiger partial charge in [0.2, 0.25) is 0 Å². The number of fused-ring (bicyclic) bond motifs is 1. The Labute approximate surface area is 138 Å². The molecule has 0 aromatic carbocycles. The summed E-state index contributed by atoms with van der Waals surface area (Å²) in [6.07, 6.45) is 1.94. The van der Waals surface area contributed by atoms with Gasteiger partial charge in [-0.3, -0.25) is 4.40 Å². The quantitative estimate of drug-likeness (QED) is 0.463. The Bertz CT molecular complexity index is 592. The van der Waals surface area contributed by atoms with Crippen LogP contribution >= 0.6 is 35.7 Å². The predicted octanol–water partition coefficient (Wildman–Crippen LogP) is 1.21. The van der Waals surface area contributed by atoms with Gasteiger partial charge in [-0.05, 0) is 12.1 Å². The molecule has 0 aliphatic carbocycles. The Balaban J connectivity index is 0.00000147. The van der Waals surface area contributed by atoms with E-state index in [0.717, 1.165) is 36.1 Å². The number of halogens is 1. The number of rotatable bonds is 2. The van der Waals surface area contributed by atoms with Gasteiger partial charge in [-0.25, -0.2) is 4.99 Å². The number of aliphatic imine (C=N–C) groups is 1. The van der Waals surface area contributed by atoms with Crippen molar-refractivity contribution in [2.24, 2.45) is 10.7 Å². The van der Waals surface area contributed by atoms with Crippen LogP contribution in [0.3, 0.4) is 0 Å². The summed E-state index contributed by atoms with van der Waals surface area (Å²) < 4.78 is 1.93. The highest BCUT2D eigenvalue weighted by molar-refractivity contribution is 14.0. The van der Waals surface area contributed by atoms with Crippen LogP contribution in [0.2, 0.25) is 0 Å². The first-order valence-corrected chi connectivity index (χ1v) is 7.41. The van der Waals surface area contributed by atoms with E-state index in [1.807, 2.05) is 40.6 Å². The van der Waals surface area contributed by atoms with E-state index in [9.17, 15) is 0 Å². The van der Waals surface area contributed by atoms with Crippen molar-refractivity contribution in [3.05, 3.63) is 30.2 Å². The normalized spacial score (nSPS) is 16.2. The number of pyridine rings is 1. The van der Waals surface area contributed by atoms with Gasteiger partial charge in [-0.2, -0.15) is 11.8 Å². The fraction of sp³-hybridized carbons (Fsp3) is 0.417. The number of hydrogen-bond donors (Lipinski definition) is 1. The van der Waals surface area contributed by atoms with Gasteiger partial charge in [-0.1, -0.05) is 6.07 Å². The molecular formula is C12H17IN6S. The lowest BCUT2D eigenvalue weighted by atomic mass is 10.4. The van der Waals surface area contributed by atoms with Gasteiger partial charge in [0, 0.05) is 30.8 Å². The van der Waals surface area contributed by atoms with Crippen molar-refractivity contribution in [2.75, 3.05) is 24.6 Å². The first kappa shape index (κ1) is 15.4. The van der Waals surface area contributed by atoms with E-state index in [-0.39, 0.29) is 24.0 Å². The topological polar surface area (TPSA) is 71.8 Å². The van der Waals surface area contributed by atoms with Crippen LogP contribution < -0.4 is 5.73 Å². The minimum Gasteiger partial charge on any atom is -0.370 e. The molecular weight excluding hydrogens is 387 g/mol. The summed E-state index contributed by atoms with van der Waals surface area (Å²) in [4.78, 5) is 6.55. The summed E-state index contributed by atoms with van der Waals surface area (Å²) in [6, 6.07) is 5.82. The minimum atomic E-state index is 0. The van der Waals surface area contributed by atoms with E-state index in [2.05, 4.69) is 20.1 Å². The monoisotopic (exact) mass is 404 g/mol. The maximum absolute atomic E-state index is 6.02. The highest BCUT2D eigenvalue weighted by Gasteiger charge is 2.12. The fourth-order valence-corrected chi connectivity index (χ4v) is 2.95. The third-order valence-corrected chi connectivity index (χ3v) is 4.04. The Morgan fingerprint density at radius 2 is 2.10 bits per heavy atom. The molecule has 0 bridgehead atoms. The summed E-state index contributed by atoms with van der Waals surface area (Å²) in [6.45, 7) is 2.40. The third-order valence-electron chi connectivity index (χ3n) is 3.10. The van der Waals surface area contributed by atoms with Crippen LogP contribution in [0.4, 0.5) is 0 Å². The summed E-state index contributed by atoms with van der Waals surface area (Å²) in [5.41, 5.74) is 6.85. The van der Waals surface area contributed by atoms with Crippen LogP contribution in [0.25, 0.3) is 5.65 Å². The standard InChI is InChI=1S/C12H16N6S.HI/c13-12(17-5-7-19-8-6-17)14-9-11-16-15-10-3-1-2-4-18(10)11;/h1-4H,5-9H2,(H2,13,14);1H. The molecule has 0 unspecified atom stereocenters. The Morgan fingerprint density at radius 1 is 1.30 bits per heavy atom. The van der Waals surface area contributed by atoms with Gasteiger partial charge in [0.15, 0.2) is 17.4 Å².